The molecule has 0 aliphatic carbocycles. The summed E-state index contributed by atoms with van der Waals surface area (Å²) in [5.74, 6) is -1.97. The van der Waals surface area contributed by atoms with Crippen LogP contribution >= 0.6 is 0 Å². The zero-order valence-corrected chi connectivity index (χ0v) is 16.2. The van der Waals surface area contributed by atoms with Gasteiger partial charge in [-0.25, -0.2) is 4.79 Å². The number of aryl methyl sites for hydroxylation is 1. The van der Waals surface area contributed by atoms with Crippen LogP contribution < -0.4 is 10.6 Å². The van der Waals surface area contributed by atoms with Gasteiger partial charge in [-0.2, -0.15) is 0 Å². The van der Waals surface area contributed by atoms with Crippen LogP contribution in [0.1, 0.15) is 28.8 Å². The van der Waals surface area contributed by atoms with Gasteiger partial charge in [-0.05, 0) is 42.8 Å². The summed E-state index contributed by atoms with van der Waals surface area (Å²) in [6.45, 7) is 1.42. The standard InChI is InChI=1S/C21H22N2O6/c1-14-5-3-4-6-17(14)23-19(25)13-29-20(26)12-11-18(24)22-16-9-7-15(8-10-16)21(27)28-2/h3-10H,11-13H2,1-2H3,(H,22,24)(H,23,25). The van der Waals surface area contributed by atoms with E-state index in [0.717, 1.165) is 5.56 Å². The zero-order valence-electron chi connectivity index (χ0n) is 16.2. The van der Waals surface area contributed by atoms with Gasteiger partial charge in [0.1, 0.15) is 0 Å². The Kier molecular flexibility index (Phi) is 7.90. The molecule has 0 spiro atoms. The van der Waals surface area contributed by atoms with E-state index in [4.69, 9.17) is 4.74 Å². The van der Waals surface area contributed by atoms with Gasteiger partial charge >= 0.3 is 11.9 Å². The minimum absolute atomic E-state index is 0.100. The molecule has 0 fully saturated rings. The molecule has 0 aliphatic heterocycles. The Hall–Kier alpha value is -3.68. The lowest BCUT2D eigenvalue weighted by atomic mass is 10.2. The van der Waals surface area contributed by atoms with E-state index in [1.807, 2.05) is 19.1 Å². The fourth-order valence-electron chi connectivity index (χ4n) is 2.36. The number of ether oxygens (including phenoxy) is 2. The molecule has 0 unspecified atom stereocenters. The number of benzene rings is 2. The van der Waals surface area contributed by atoms with Crippen molar-refractivity contribution in [3.05, 3.63) is 59.7 Å². The van der Waals surface area contributed by atoms with Crippen LogP contribution in [-0.2, 0) is 23.9 Å². The highest BCUT2D eigenvalue weighted by atomic mass is 16.5. The number of methoxy groups -OCH3 is 1. The summed E-state index contributed by atoms with van der Waals surface area (Å²) in [6.07, 6.45) is -0.263. The molecule has 2 amide bonds. The summed E-state index contributed by atoms with van der Waals surface area (Å²) in [6, 6.07) is 13.4. The van der Waals surface area contributed by atoms with E-state index in [2.05, 4.69) is 15.4 Å². The Balaban J connectivity index is 1.70. The molecule has 8 heteroatoms. The van der Waals surface area contributed by atoms with Crippen LogP contribution in [0.5, 0.6) is 0 Å². The lowest BCUT2D eigenvalue weighted by Gasteiger charge is -2.09. The maximum Gasteiger partial charge on any atom is 0.337 e. The molecule has 2 aromatic rings. The minimum atomic E-state index is -0.652. The first-order valence-corrected chi connectivity index (χ1v) is 8.88. The third-order valence-electron chi connectivity index (χ3n) is 3.93. The first-order chi connectivity index (χ1) is 13.9. The Morgan fingerprint density at radius 1 is 0.862 bits per heavy atom. The number of hydrogen-bond donors (Lipinski definition) is 2. The molecule has 0 heterocycles. The predicted octanol–water partition coefficient (Wildman–Crippen LogP) is 2.68. The molecular formula is C21H22N2O6. The maximum absolute atomic E-state index is 11.9. The van der Waals surface area contributed by atoms with E-state index in [1.165, 1.54) is 19.2 Å². The van der Waals surface area contributed by atoms with Crippen LogP contribution in [0.4, 0.5) is 11.4 Å². The van der Waals surface area contributed by atoms with Crippen molar-refractivity contribution in [2.45, 2.75) is 19.8 Å². The van der Waals surface area contributed by atoms with Crippen molar-refractivity contribution in [3.63, 3.8) is 0 Å². The third-order valence-corrected chi connectivity index (χ3v) is 3.93. The second-order valence-corrected chi connectivity index (χ2v) is 6.14. The molecular weight excluding hydrogens is 376 g/mol. The highest BCUT2D eigenvalue weighted by molar-refractivity contribution is 5.95. The van der Waals surface area contributed by atoms with Gasteiger partial charge < -0.3 is 20.1 Å². The van der Waals surface area contributed by atoms with Gasteiger partial charge in [0.2, 0.25) is 5.91 Å². The molecule has 0 aliphatic rings. The number of rotatable bonds is 8. The second kappa shape index (κ2) is 10.6. The van der Waals surface area contributed by atoms with E-state index in [9.17, 15) is 19.2 Å². The van der Waals surface area contributed by atoms with Gasteiger partial charge in [-0.3, -0.25) is 14.4 Å². The molecule has 0 radical (unpaired) electrons. The van der Waals surface area contributed by atoms with Crippen LogP contribution in [0, 0.1) is 6.92 Å². The average Bonchev–Trinajstić information content (AvgIpc) is 2.72. The van der Waals surface area contributed by atoms with Gasteiger partial charge in [-0.1, -0.05) is 18.2 Å². The van der Waals surface area contributed by atoms with Gasteiger partial charge in [0.05, 0.1) is 19.1 Å². The zero-order chi connectivity index (χ0) is 21.2. The quantitative estimate of drug-likeness (QED) is 0.662. The SMILES string of the molecule is COC(=O)c1ccc(NC(=O)CCC(=O)OCC(=O)Nc2ccccc2C)cc1. The van der Waals surface area contributed by atoms with Crippen LogP contribution in [-0.4, -0.2) is 37.5 Å². The second-order valence-electron chi connectivity index (χ2n) is 6.14. The highest BCUT2D eigenvalue weighted by Crippen LogP contribution is 2.13. The maximum atomic E-state index is 11.9. The molecule has 2 rings (SSSR count). The number of hydrogen-bond acceptors (Lipinski definition) is 6. The Labute approximate surface area is 168 Å². The fourth-order valence-corrected chi connectivity index (χ4v) is 2.36. The lowest BCUT2D eigenvalue weighted by molar-refractivity contribution is -0.147. The Morgan fingerprint density at radius 2 is 1.55 bits per heavy atom. The average molecular weight is 398 g/mol. The minimum Gasteiger partial charge on any atom is -0.465 e. The monoisotopic (exact) mass is 398 g/mol. The van der Waals surface area contributed by atoms with Crippen LogP contribution in [0.3, 0.4) is 0 Å². The van der Waals surface area contributed by atoms with Gasteiger partial charge in [0.25, 0.3) is 5.91 Å². The molecule has 152 valence electrons. The fraction of sp³-hybridized carbons (Fsp3) is 0.238. The highest BCUT2D eigenvalue weighted by Gasteiger charge is 2.12. The van der Waals surface area contributed by atoms with Gasteiger partial charge in [-0.15, -0.1) is 0 Å². The summed E-state index contributed by atoms with van der Waals surface area (Å²) in [5.41, 5.74) is 2.38. The number of nitrogens with one attached hydrogen (secondary N) is 2. The van der Waals surface area contributed by atoms with Crippen molar-refractivity contribution < 1.29 is 28.7 Å². The number of carbonyl (C=O) groups excluding carboxylic acids is 4. The van der Waals surface area contributed by atoms with Crippen molar-refractivity contribution in [1.29, 1.82) is 0 Å². The topological polar surface area (TPSA) is 111 Å². The summed E-state index contributed by atoms with van der Waals surface area (Å²) >= 11 is 0. The number of esters is 2. The molecule has 0 saturated heterocycles. The number of carbonyl (C=O) groups is 4. The van der Waals surface area contributed by atoms with E-state index in [-0.39, 0.29) is 12.8 Å². The van der Waals surface area contributed by atoms with Gasteiger partial charge in [0.15, 0.2) is 6.61 Å². The first kappa shape index (κ1) is 21.6. The first-order valence-electron chi connectivity index (χ1n) is 8.88. The summed E-state index contributed by atoms with van der Waals surface area (Å²) in [4.78, 5) is 46.9. The largest absolute Gasteiger partial charge is 0.465 e. The smallest absolute Gasteiger partial charge is 0.337 e. The number of anilines is 2. The van der Waals surface area contributed by atoms with E-state index >= 15 is 0 Å². The normalized spacial score (nSPS) is 10.0. The van der Waals surface area contributed by atoms with Crippen molar-refractivity contribution in [3.8, 4) is 0 Å². The third kappa shape index (κ3) is 7.10. The molecule has 0 atom stereocenters. The molecule has 29 heavy (non-hydrogen) atoms. The molecule has 2 aromatic carbocycles. The van der Waals surface area contributed by atoms with E-state index in [1.54, 1.807) is 24.3 Å². The molecule has 0 aromatic heterocycles. The Bertz CT molecular complexity index is 892. The Morgan fingerprint density at radius 3 is 2.21 bits per heavy atom. The molecule has 2 N–H and O–H groups in total. The molecule has 8 nitrogen and oxygen atoms in total. The van der Waals surface area contributed by atoms with E-state index < -0.39 is 30.4 Å². The van der Waals surface area contributed by atoms with Crippen molar-refractivity contribution in [2.24, 2.45) is 0 Å². The van der Waals surface area contributed by atoms with Crippen molar-refractivity contribution in [1.82, 2.24) is 0 Å². The van der Waals surface area contributed by atoms with Gasteiger partial charge in [0, 0.05) is 17.8 Å². The number of amides is 2. The predicted molar refractivity (Wildman–Crippen MR) is 106 cm³/mol. The number of para-hydroxylation sites is 1. The van der Waals surface area contributed by atoms with Crippen LogP contribution in [0.2, 0.25) is 0 Å². The lowest BCUT2D eigenvalue weighted by Crippen LogP contribution is -2.22. The van der Waals surface area contributed by atoms with Crippen LogP contribution in [0.15, 0.2) is 48.5 Å². The van der Waals surface area contributed by atoms with E-state index in [0.29, 0.717) is 16.9 Å². The van der Waals surface area contributed by atoms with Crippen LogP contribution in [0.25, 0.3) is 0 Å². The summed E-state index contributed by atoms with van der Waals surface area (Å²) in [5, 5.41) is 5.26. The van der Waals surface area contributed by atoms with Crippen molar-refractivity contribution in [2.75, 3.05) is 24.4 Å². The molecule has 0 bridgehead atoms. The molecule has 0 saturated carbocycles. The summed E-state index contributed by atoms with van der Waals surface area (Å²) in [7, 11) is 1.28. The van der Waals surface area contributed by atoms with Crippen molar-refractivity contribution >= 4 is 35.1 Å². The summed E-state index contributed by atoms with van der Waals surface area (Å²) < 4.78 is 9.48.